The summed E-state index contributed by atoms with van der Waals surface area (Å²) in [4.78, 5) is 4.25. The van der Waals surface area contributed by atoms with E-state index in [1.54, 1.807) is 11.3 Å². The van der Waals surface area contributed by atoms with Crippen LogP contribution in [0.25, 0.3) is 0 Å². The third kappa shape index (κ3) is 3.23. The number of rotatable bonds is 1. The second-order valence-electron chi connectivity index (χ2n) is 4.07. The molecule has 1 aliphatic rings. The van der Waals surface area contributed by atoms with Crippen LogP contribution in [0, 0.1) is 13.8 Å². The molecule has 1 aromatic heterocycles. The van der Waals surface area contributed by atoms with E-state index in [4.69, 9.17) is 9.47 Å². The second kappa shape index (κ2) is 5.87. The van der Waals surface area contributed by atoms with Crippen LogP contribution in [-0.4, -0.2) is 11.8 Å². The zero-order valence-electron chi connectivity index (χ0n) is 10.9. The molecule has 0 amide bonds. The Morgan fingerprint density at radius 3 is 2.61 bits per heavy atom. The molecule has 0 bridgehead atoms. The molecule has 18 heavy (non-hydrogen) atoms. The Kier molecular flexibility index (Phi) is 4.20. The average molecular weight is 263 g/mol. The van der Waals surface area contributed by atoms with Gasteiger partial charge >= 0.3 is 0 Å². The highest BCUT2D eigenvalue weighted by molar-refractivity contribution is 7.09. The molecular weight excluding hydrogens is 246 g/mol. The quantitative estimate of drug-likeness (QED) is 0.785. The Hall–Kier alpha value is -1.55. The number of fused-ring (bicyclic) bond motifs is 1. The van der Waals surface area contributed by atoms with Gasteiger partial charge in [-0.2, -0.15) is 0 Å². The summed E-state index contributed by atoms with van der Waals surface area (Å²) in [5.41, 5.74) is 2.41. The molecule has 1 aliphatic heterocycles. The highest BCUT2D eigenvalue weighted by atomic mass is 32.1. The van der Waals surface area contributed by atoms with Crippen LogP contribution in [0.4, 0.5) is 0 Å². The summed E-state index contributed by atoms with van der Waals surface area (Å²) in [6.07, 6.45) is 1.06. The van der Waals surface area contributed by atoms with Crippen molar-refractivity contribution < 1.29 is 9.47 Å². The van der Waals surface area contributed by atoms with E-state index in [0.29, 0.717) is 6.79 Å². The van der Waals surface area contributed by atoms with Crippen molar-refractivity contribution in [1.82, 2.24) is 4.98 Å². The van der Waals surface area contributed by atoms with Crippen LogP contribution >= 0.6 is 11.3 Å². The van der Waals surface area contributed by atoms with Crippen molar-refractivity contribution in [1.29, 1.82) is 0 Å². The van der Waals surface area contributed by atoms with Crippen molar-refractivity contribution in [2.24, 2.45) is 0 Å². The molecule has 3 nitrogen and oxygen atoms in total. The van der Waals surface area contributed by atoms with Gasteiger partial charge in [0.05, 0.1) is 10.7 Å². The predicted octanol–water partition coefficient (Wildman–Crippen LogP) is 3.74. The van der Waals surface area contributed by atoms with Gasteiger partial charge in [0.1, 0.15) is 0 Å². The lowest BCUT2D eigenvalue weighted by Gasteiger charge is -1.94. The third-order valence-corrected chi connectivity index (χ3v) is 3.38. The summed E-state index contributed by atoms with van der Waals surface area (Å²) in [6, 6.07) is 5.91. The van der Waals surface area contributed by atoms with Crippen LogP contribution in [0.2, 0.25) is 0 Å². The predicted molar refractivity (Wildman–Crippen MR) is 73.5 cm³/mol. The summed E-state index contributed by atoms with van der Waals surface area (Å²) in [5.74, 6) is 1.71. The number of thiazole rings is 1. The molecule has 0 saturated heterocycles. The fourth-order valence-electron chi connectivity index (χ4n) is 1.57. The first-order valence-corrected chi connectivity index (χ1v) is 6.84. The van der Waals surface area contributed by atoms with E-state index in [9.17, 15) is 0 Å². The molecular formula is C14H17NO2S. The Bertz CT molecular complexity index is 522. The molecule has 1 aromatic carbocycles. The van der Waals surface area contributed by atoms with E-state index in [0.717, 1.165) is 17.9 Å². The molecule has 0 N–H and O–H groups in total. The first-order valence-electron chi connectivity index (χ1n) is 5.96. The summed E-state index contributed by atoms with van der Waals surface area (Å²) >= 11 is 1.72. The maximum absolute atomic E-state index is 5.16. The van der Waals surface area contributed by atoms with Crippen molar-refractivity contribution >= 4 is 11.3 Å². The van der Waals surface area contributed by atoms with Gasteiger partial charge in [-0.25, -0.2) is 4.98 Å². The van der Waals surface area contributed by atoms with Gasteiger partial charge in [0.15, 0.2) is 11.5 Å². The van der Waals surface area contributed by atoms with Crippen molar-refractivity contribution in [3.63, 3.8) is 0 Å². The zero-order chi connectivity index (χ0) is 13.0. The molecule has 0 atom stereocenters. The van der Waals surface area contributed by atoms with E-state index in [-0.39, 0.29) is 0 Å². The highest BCUT2D eigenvalue weighted by Crippen LogP contribution is 2.31. The number of aromatic nitrogens is 1. The summed E-state index contributed by atoms with van der Waals surface area (Å²) in [6.45, 7) is 6.54. The summed E-state index contributed by atoms with van der Waals surface area (Å²) in [7, 11) is 0. The number of hydrogen-bond donors (Lipinski definition) is 0. The normalized spacial score (nSPS) is 11.9. The number of nitrogens with zero attached hydrogens (tertiary/aromatic N) is 1. The smallest absolute Gasteiger partial charge is 0.231 e. The number of ether oxygens (including phenoxy) is 2. The van der Waals surface area contributed by atoms with Gasteiger partial charge < -0.3 is 9.47 Å². The minimum absolute atomic E-state index is 0.360. The Balaban J connectivity index is 0.000000138. The Labute approximate surface area is 111 Å². The lowest BCUT2D eigenvalue weighted by Crippen LogP contribution is -1.92. The molecule has 0 saturated carbocycles. The van der Waals surface area contributed by atoms with Gasteiger partial charge in [0, 0.05) is 5.38 Å². The largest absolute Gasteiger partial charge is 0.454 e. The molecule has 0 aliphatic carbocycles. The first kappa shape index (κ1) is 12.9. The molecule has 3 rings (SSSR count). The van der Waals surface area contributed by atoms with Crippen LogP contribution < -0.4 is 9.47 Å². The van der Waals surface area contributed by atoms with Gasteiger partial charge in [-0.15, -0.1) is 11.3 Å². The SMILES string of the molecule is CCc1csc(C)n1.Cc1ccc2c(c1)OCO2. The first-order chi connectivity index (χ1) is 8.69. The van der Waals surface area contributed by atoms with E-state index in [1.165, 1.54) is 16.3 Å². The molecule has 96 valence electrons. The fraction of sp³-hybridized carbons (Fsp3) is 0.357. The Morgan fingerprint density at radius 1 is 1.22 bits per heavy atom. The van der Waals surface area contributed by atoms with Crippen molar-refractivity contribution in [2.75, 3.05) is 6.79 Å². The number of benzene rings is 1. The van der Waals surface area contributed by atoms with Crippen LogP contribution in [0.3, 0.4) is 0 Å². The molecule has 0 spiro atoms. The van der Waals surface area contributed by atoms with Crippen molar-refractivity contribution in [3.8, 4) is 11.5 Å². The van der Waals surface area contributed by atoms with Crippen molar-refractivity contribution in [3.05, 3.63) is 39.8 Å². The van der Waals surface area contributed by atoms with Crippen molar-refractivity contribution in [2.45, 2.75) is 27.2 Å². The molecule has 2 aromatic rings. The Morgan fingerprint density at radius 2 is 2.00 bits per heavy atom. The van der Waals surface area contributed by atoms with Gasteiger partial charge in [-0.3, -0.25) is 0 Å². The van der Waals surface area contributed by atoms with Gasteiger partial charge in [-0.1, -0.05) is 13.0 Å². The minimum Gasteiger partial charge on any atom is -0.454 e. The summed E-state index contributed by atoms with van der Waals surface area (Å²) < 4.78 is 10.3. The lowest BCUT2D eigenvalue weighted by atomic mass is 10.2. The number of aryl methyl sites for hydroxylation is 3. The molecule has 2 heterocycles. The molecule has 4 heteroatoms. The topological polar surface area (TPSA) is 31.4 Å². The van der Waals surface area contributed by atoms with Gasteiger partial charge in [0.25, 0.3) is 0 Å². The monoisotopic (exact) mass is 263 g/mol. The maximum Gasteiger partial charge on any atom is 0.231 e. The van der Waals surface area contributed by atoms with Crippen LogP contribution in [0.1, 0.15) is 23.2 Å². The van der Waals surface area contributed by atoms with E-state index in [1.807, 2.05) is 32.0 Å². The van der Waals surface area contributed by atoms with Gasteiger partial charge in [0.2, 0.25) is 6.79 Å². The van der Waals surface area contributed by atoms with Crippen LogP contribution in [0.5, 0.6) is 11.5 Å². The average Bonchev–Trinajstić information content (AvgIpc) is 2.97. The molecule has 0 unspecified atom stereocenters. The van der Waals surface area contributed by atoms with Crippen LogP contribution in [0.15, 0.2) is 23.6 Å². The molecule has 0 radical (unpaired) electrons. The van der Waals surface area contributed by atoms with Crippen LogP contribution in [-0.2, 0) is 6.42 Å². The fourth-order valence-corrected chi connectivity index (χ4v) is 2.27. The third-order valence-electron chi connectivity index (χ3n) is 2.56. The second-order valence-corrected chi connectivity index (χ2v) is 5.13. The minimum atomic E-state index is 0.360. The highest BCUT2D eigenvalue weighted by Gasteiger charge is 2.11. The zero-order valence-corrected chi connectivity index (χ0v) is 11.7. The van der Waals surface area contributed by atoms with E-state index < -0.39 is 0 Å². The van der Waals surface area contributed by atoms with E-state index >= 15 is 0 Å². The molecule has 0 fully saturated rings. The summed E-state index contributed by atoms with van der Waals surface area (Å²) in [5, 5.41) is 3.27. The maximum atomic E-state index is 5.16. The standard InChI is InChI=1S/C8H8O2.C6H9NS/c1-6-2-3-7-8(4-6)10-5-9-7;1-3-6-4-8-5(2)7-6/h2-4H,5H2,1H3;4H,3H2,1-2H3. The number of hydrogen-bond acceptors (Lipinski definition) is 4. The van der Waals surface area contributed by atoms with Gasteiger partial charge in [-0.05, 0) is 38.0 Å². The lowest BCUT2D eigenvalue weighted by molar-refractivity contribution is 0.174. The van der Waals surface area contributed by atoms with E-state index in [2.05, 4.69) is 17.3 Å².